The fraction of sp³-hybridized carbons (Fsp3) is 0.235. The minimum Gasteiger partial charge on any atom is -0.498 e. The zero-order valence-corrected chi connectivity index (χ0v) is 11.2. The van der Waals surface area contributed by atoms with Gasteiger partial charge in [0, 0.05) is 5.01 Å². The lowest BCUT2D eigenvalue weighted by Crippen LogP contribution is -2.32. The van der Waals surface area contributed by atoms with Crippen LogP contribution < -0.4 is 0 Å². The number of hydrogen-bond donors (Lipinski definition) is 0. The Morgan fingerprint density at radius 1 is 0.895 bits per heavy atom. The minimum absolute atomic E-state index is 0.176. The first-order valence-corrected chi connectivity index (χ1v) is 6.42. The second-order valence-electron chi connectivity index (χ2n) is 4.90. The summed E-state index contributed by atoms with van der Waals surface area (Å²) in [4.78, 5) is 0. The summed E-state index contributed by atoms with van der Waals surface area (Å²) in [6.07, 6.45) is 0. The normalized spacial score (nSPS) is 10.9. The van der Waals surface area contributed by atoms with E-state index in [1.165, 1.54) is 0 Å². The molecule has 0 amide bonds. The monoisotopic (exact) mass is 251 g/mol. The predicted molar refractivity (Wildman–Crippen MR) is 79.1 cm³/mol. The van der Waals surface area contributed by atoms with Crippen molar-refractivity contribution in [2.45, 2.75) is 19.3 Å². The Bertz CT molecular complexity index is 539. The van der Waals surface area contributed by atoms with E-state index in [0.717, 1.165) is 11.1 Å². The van der Waals surface area contributed by atoms with Crippen molar-refractivity contribution in [1.29, 1.82) is 0 Å². The van der Waals surface area contributed by atoms with Crippen molar-refractivity contribution in [3.63, 3.8) is 0 Å². The molecule has 2 heteroatoms. The highest BCUT2D eigenvalue weighted by Gasteiger charge is 2.42. The van der Waals surface area contributed by atoms with Crippen molar-refractivity contribution < 1.29 is 0 Å². The molecule has 0 atom stereocenters. The SMILES string of the molecule is CC(C)C(C#[N+][O-])(c1ccccc1)c1ccccc1. The van der Waals surface area contributed by atoms with Gasteiger partial charge in [-0.2, -0.15) is 0 Å². The third-order valence-corrected chi connectivity index (χ3v) is 3.55. The van der Waals surface area contributed by atoms with Gasteiger partial charge in [0.25, 0.3) is 0 Å². The van der Waals surface area contributed by atoms with Crippen LogP contribution in [0.2, 0.25) is 0 Å². The second-order valence-corrected chi connectivity index (χ2v) is 4.90. The molecule has 2 aromatic carbocycles. The van der Waals surface area contributed by atoms with Crippen molar-refractivity contribution in [3.8, 4) is 6.07 Å². The van der Waals surface area contributed by atoms with Crippen molar-refractivity contribution in [2.24, 2.45) is 5.92 Å². The van der Waals surface area contributed by atoms with Crippen molar-refractivity contribution in [3.05, 3.63) is 82.0 Å². The van der Waals surface area contributed by atoms with E-state index < -0.39 is 5.41 Å². The van der Waals surface area contributed by atoms with Crippen LogP contribution in [-0.4, -0.2) is 0 Å². The van der Waals surface area contributed by atoms with E-state index in [1.807, 2.05) is 60.7 Å². The molecule has 0 saturated carbocycles. The van der Waals surface area contributed by atoms with Crippen LogP contribution in [0.3, 0.4) is 0 Å². The molecule has 96 valence electrons. The second kappa shape index (κ2) is 5.58. The molecule has 0 aliphatic heterocycles. The number of nitrogens with zero attached hydrogens (tertiary/aromatic N) is 1. The standard InChI is InChI=1S/C17H17NO/c1-14(2)17(13-18-19,15-9-5-3-6-10-15)16-11-7-4-8-12-16/h3-12,14H,1-2H3. The van der Waals surface area contributed by atoms with Crippen LogP contribution in [0.4, 0.5) is 0 Å². The van der Waals surface area contributed by atoms with Gasteiger partial charge in [-0.3, -0.25) is 0 Å². The fourth-order valence-corrected chi connectivity index (χ4v) is 2.57. The van der Waals surface area contributed by atoms with Gasteiger partial charge in [-0.1, -0.05) is 74.5 Å². The maximum Gasteiger partial charge on any atom is 0.315 e. The minimum atomic E-state index is -0.593. The van der Waals surface area contributed by atoms with Gasteiger partial charge in [-0.05, 0) is 17.0 Å². The van der Waals surface area contributed by atoms with Gasteiger partial charge in [0.05, 0.1) is 0 Å². The van der Waals surface area contributed by atoms with Crippen LogP contribution in [0.1, 0.15) is 25.0 Å². The highest BCUT2D eigenvalue weighted by Crippen LogP contribution is 2.38. The lowest BCUT2D eigenvalue weighted by molar-refractivity contribution is 0.468. The maximum atomic E-state index is 10.9. The molecule has 0 unspecified atom stereocenters. The molecule has 0 fully saturated rings. The third-order valence-electron chi connectivity index (χ3n) is 3.55. The van der Waals surface area contributed by atoms with Crippen LogP contribution in [0.15, 0.2) is 60.7 Å². The van der Waals surface area contributed by atoms with Crippen LogP contribution in [-0.2, 0) is 5.41 Å². The highest BCUT2D eigenvalue weighted by atomic mass is 16.4. The average Bonchev–Trinajstić information content (AvgIpc) is 2.46. The summed E-state index contributed by atoms with van der Waals surface area (Å²) in [6.45, 7) is 4.16. The van der Waals surface area contributed by atoms with E-state index in [4.69, 9.17) is 0 Å². The zero-order valence-electron chi connectivity index (χ0n) is 11.2. The summed E-state index contributed by atoms with van der Waals surface area (Å²) in [5.41, 5.74) is 1.48. The Morgan fingerprint density at radius 2 is 1.32 bits per heavy atom. The van der Waals surface area contributed by atoms with Gasteiger partial charge in [-0.25, -0.2) is 0 Å². The largest absolute Gasteiger partial charge is 0.498 e. The van der Waals surface area contributed by atoms with E-state index >= 15 is 0 Å². The first kappa shape index (κ1) is 13.2. The van der Waals surface area contributed by atoms with Gasteiger partial charge in [0.2, 0.25) is 0 Å². The Labute approximate surface area is 114 Å². The summed E-state index contributed by atoms with van der Waals surface area (Å²) in [5, 5.41) is 13.9. The van der Waals surface area contributed by atoms with Gasteiger partial charge in [0.15, 0.2) is 5.41 Å². The average molecular weight is 251 g/mol. The number of benzene rings is 2. The molecule has 2 rings (SSSR count). The molecule has 19 heavy (non-hydrogen) atoms. The predicted octanol–water partition coefficient (Wildman–Crippen LogP) is 4.46. The quantitative estimate of drug-likeness (QED) is 0.740. The van der Waals surface area contributed by atoms with E-state index in [2.05, 4.69) is 24.9 Å². The first-order chi connectivity index (χ1) is 9.21. The molecule has 0 N–H and O–H groups in total. The zero-order chi connectivity index (χ0) is 13.7. The van der Waals surface area contributed by atoms with Gasteiger partial charge in [0.1, 0.15) is 0 Å². The van der Waals surface area contributed by atoms with Gasteiger partial charge >= 0.3 is 6.07 Å². The highest BCUT2D eigenvalue weighted by molar-refractivity contribution is 5.47. The molecule has 0 spiro atoms. The molecule has 0 aliphatic carbocycles. The van der Waals surface area contributed by atoms with Crippen LogP contribution in [0.25, 0.3) is 5.01 Å². The summed E-state index contributed by atoms with van der Waals surface area (Å²) >= 11 is 0. The van der Waals surface area contributed by atoms with Crippen molar-refractivity contribution >= 4 is 0 Å². The Hall–Kier alpha value is -2.27. The molecule has 0 heterocycles. The molecule has 0 aromatic heterocycles. The van der Waals surface area contributed by atoms with E-state index in [0.29, 0.717) is 0 Å². The fourth-order valence-electron chi connectivity index (χ4n) is 2.57. The Kier molecular flexibility index (Phi) is 3.87. The molecular weight excluding hydrogens is 234 g/mol. The van der Waals surface area contributed by atoms with Crippen LogP contribution in [0, 0.1) is 17.2 Å². The molecule has 2 aromatic rings. The van der Waals surface area contributed by atoms with Crippen molar-refractivity contribution in [2.75, 3.05) is 0 Å². The van der Waals surface area contributed by atoms with E-state index in [9.17, 15) is 5.21 Å². The maximum absolute atomic E-state index is 10.9. The summed E-state index contributed by atoms with van der Waals surface area (Å²) in [7, 11) is 0. The van der Waals surface area contributed by atoms with Crippen molar-refractivity contribution in [1.82, 2.24) is 0 Å². The lowest BCUT2D eigenvalue weighted by Gasteiger charge is -2.29. The Morgan fingerprint density at radius 3 is 1.63 bits per heavy atom. The molecule has 2 nitrogen and oxygen atoms in total. The summed E-state index contributed by atoms with van der Waals surface area (Å²) in [6, 6.07) is 22.7. The lowest BCUT2D eigenvalue weighted by atomic mass is 9.68. The Balaban J connectivity index is 2.71. The molecule has 0 bridgehead atoms. The first-order valence-electron chi connectivity index (χ1n) is 6.42. The topological polar surface area (TPSA) is 27.4 Å². The number of rotatable bonds is 3. The molecule has 0 saturated heterocycles. The van der Waals surface area contributed by atoms with E-state index in [-0.39, 0.29) is 5.92 Å². The van der Waals surface area contributed by atoms with Gasteiger partial charge in [-0.15, -0.1) is 0 Å². The van der Waals surface area contributed by atoms with Gasteiger partial charge < -0.3 is 5.21 Å². The third kappa shape index (κ3) is 2.32. The number of hydrogen-bond acceptors (Lipinski definition) is 1. The van der Waals surface area contributed by atoms with Crippen LogP contribution in [0.5, 0.6) is 0 Å². The molecular formula is C17H17NO. The van der Waals surface area contributed by atoms with Crippen LogP contribution >= 0.6 is 0 Å². The molecule has 0 radical (unpaired) electrons. The summed E-state index contributed by atoms with van der Waals surface area (Å²) < 4.78 is 0. The summed E-state index contributed by atoms with van der Waals surface area (Å²) in [5.74, 6) is 0.176. The van der Waals surface area contributed by atoms with E-state index in [1.54, 1.807) is 0 Å². The smallest absolute Gasteiger partial charge is 0.315 e. The molecule has 0 aliphatic rings.